The van der Waals surface area contributed by atoms with E-state index in [-0.39, 0.29) is 34.5 Å². The Morgan fingerprint density at radius 1 is 1.15 bits per heavy atom. The number of carbonyl (C=O) groups is 1. The van der Waals surface area contributed by atoms with Gasteiger partial charge in [-0.25, -0.2) is 0 Å². The number of hydrogen-bond acceptors (Lipinski definition) is 8. The normalized spacial score (nSPS) is 11.9. The Hall–Kier alpha value is -3.42. The van der Waals surface area contributed by atoms with Gasteiger partial charge in [-0.15, -0.1) is 0 Å². The molecule has 0 amide bonds. The van der Waals surface area contributed by atoms with Gasteiger partial charge in [0, 0.05) is 6.07 Å². The first-order chi connectivity index (χ1) is 15.7. The van der Waals surface area contributed by atoms with Gasteiger partial charge in [-0.3, -0.25) is 0 Å². The molecule has 4 rings (SSSR count). The summed E-state index contributed by atoms with van der Waals surface area (Å²) in [7, 11) is 0. The SMILES string of the molecule is CC(C)(CO)[AsH]C(=O)c1cc2cc(Nc3ncc(F)c(Nc4cccc(O)c4)n3)ccc2o1. The van der Waals surface area contributed by atoms with E-state index in [1.165, 1.54) is 12.1 Å². The molecular weight excluding hydrogens is 490 g/mol. The number of aliphatic hydroxyl groups excluding tert-OH is 1. The molecule has 0 radical (unpaired) electrons. The van der Waals surface area contributed by atoms with E-state index in [4.69, 9.17) is 4.42 Å². The molecule has 0 aliphatic carbocycles. The third kappa shape index (κ3) is 5.50. The van der Waals surface area contributed by atoms with Crippen molar-refractivity contribution in [3.05, 3.63) is 66.3 Å². The maximum absolute atomic E-state index is 14.2. The molecule has 0 fully saturated rings. The van der Waals surface area contributed by atoms with Crippen molar-refractivity contribution in [3.63, 3.8) is 0 Å². The molecule has 4 N–H and O–H groups in total. The fourth-order valence-electron chi connectivity index (χ4n) is 3.01. The molecule has 2 aromatic carbocycles. The van der Waals surface area contributed by atoms with Crippen LogP contribution in [0.2, 0.25) is 4.20 Å². The second-order valence-corrected chi connectivity index (χ2v) is 12.4. The number of aliphatic hydroxyl groups is 1. The molecule has 0 bridgehead atoms. The predicted molar refractivity (Wildman–Crippen MR) is 125 cm³/mol. The van der Waals surface area contributed by atoms with Crippen LogP contribution in [0, 0.1) is 5.82 Å². The zero-order chi connectivity index (χ0) is 23.6. The third-order valence-corrected chi connectivity index (χ3v) is 7.44. The fourth-order valence-corrected chi connectivity index (χ4v) is 4.98. The van der Waals surface area contributed by atoms with Crippen LogP contribution < -0.4 is 10.6 Å². The first-order valence-corrected chi connectivity index (χ1v) is 12.1. The van der Waals surface area contributed by atoms with Gasteiger partial charge < -0.3 is 5.11 Å². The Bertz CT molecular complexity index is 1330. The molecule has 2 aromatic heterocycles. The zero-order valence-corrected chi connectivity index (χ0v) is 20.0. The number of aromatic hydroxyl groups is 1. The van der Waals surface area contributed by atoms with Crippen LogP contribution in [-0.2, 0) is 0 Å². The van der Waals surface area contributed by atoms with E-state index in [0.717, 1.165) is 11.6 Å². The van der Waals surface area contributed by atoms with Crippen molar-refractivity contribution in [3.8, 4) is 5.75 Å². The molecule has 10 heteroatoms. The minimum absolute atomic E-state index is 0.0430. The van der Waals surface area contributed by atoms with Gasteiger partial charge in [0.1, 0.15) is 5.75 Å². The quantitative estimate of drug-likeness (QED) is 0.258. The fraction of sp³-hybridized carbons (Fsp3) is 0.174. The topological polar surface area (TPSA) is 121 Å². The molecule has 1 unspecified atom stereocenters. The van der Waals surface area contributed by atoms with Crippen molar-refractivity contribution in [2.45, 2.75) is 18.1 Å². The Morgan fingerprint density at radius 3 is 2.70 bits per heavy atom. The number of phenols is 1. The molecule has 33 heavy (non-hydrogen) atoms. The number of rotatable bonds is 8. The summed E-state index contributed by atoms with van der Waals surface area (Å²) in [5, 5.41) is 25.6. The number of furan rings is 1. The van der Waals surface area contributed by atoms with E-state index in [1.54, 1.807) is 36.4 Å². The average Bonchev–Trinajstić information content (AvgIpc) is 3.20. The van der Waals surface area contributed by atoms with Crippen molar-refractivity contribution in [1.29, 1.82) is 0 Å². The molecule has 0 saturated carbocycles. The summed E-state index contributed by atoms with van der Waals surface area (Å²) >= 11 is -1.11. The summed E-state index contributed by atoms with van der Waals surface area (Å²) in [4.78, 5) is 20.7. The molecular formula is C23H22AsFN4O4. The summed E-state index contributed by atoms with van der Waals surface area (Å²) in [5.74, 6) is -0.214. The Balaban J connectivity index is 1.53. The summed E-state index contributed by atoms with van der Waals surface area (Å²) in [6, 6.07) is 13.2. The number of nitrogens with one attached hydrogen (secondary N) is 2. The molecule has 1 atom stereocenters. The molecule has 4 aromatic rings. The van der Waals surface area contributed by atoms with Gasteiger partial charge >= 0.3 is 160 Å². The number of phenolic OH excluding ortho intramolecular Hbond substituents is 1. The summed E-state index contributed by atoms with van der Waals surface area (Å²) < 4.78 is 19.4. The van der Waals surface area contributed by atoms with Crippen LogP contribution in [0.25, 0.3) is 11.0 Å². The zero-order valence-electron chi connectivity index (χ0n) is 17.9. The summed E-state index contributed by atoms with van der Waals surface area (Å²) in [5.41, 5.74) is 1.66. The Kier molecular flexibility index (Phi) is 6.35. The summed E-state index contributed by atoms with van der Waals surface area (Å²) in [6.45, 7) is 3.68. The number of hydrogen-bond donors (Lipinski definition) is 4. The molecule has 170 valence electrons. The van der Waals surface area contributed by atoms with E-state index in [0.29, 0.717) is 17.0 Å². The van der Waals surface area contributed by atoms with E-state index < -0.39 is 25.8 Å². The van der Waals surface area contributed by atoms with Gasteiger partial charge in [0.25, 0.3) is 0 Å². The summed E-state index contributed by atoms with van der Waals surface area (Å²) in [6.07, 6.45) is 1.04. The third-order valence-electron chi connectivity index (χ3n) is 4.70. The van der Waals surface area contributed by atoms with Crippen molar-refractivity contribution >= 4 is 54.4 Å². The Morgan fingerprint density at radius 2 is 1.94 bits per heavy atom. The first-order valence-electron chi connectivity index (χ1n) is 10.0. The number of fused-ring (bicyclic) bond motifs is 1. The van der Waals surface area contributed by atoms with Crippen LogP contribution in [-0.4, -0.2) is 47.1 Å². The Labute approximate surface area is 195 Å². The van der Waals surface area contributed by atoms with E-state index in [9.17, 15) is 19.4 Å². The molecule has 0 saturated heterocycles. The molecule has 0 aliphatic rings. The van der Waals surface area contributed by atoms with E-state index >= 15 is 0 Å². The predicted octanol–water partition coefficient (Wildman–Crippen LogP) is 4.32. The number of halogens is 1. The molecule has 0 aliphatic heterocycles. The second-order valence-electron chi connectivity index (χ2n) is 8.05. The number of anilines is 4. The van der Waals surface area contributed by atoms with Gasteiger partial charge in [-0.2, -0.15) is 0 Å². The van der Waals surface area contributed by atoms with Crippen molar-refractivity contribution in [2.75, 3.05) is 17.2 Å². The number of carbonyl (C=O) groups excluding carboxylic acids is 1. The van der Waals surface area contributed by atoms with Gasteiger partial charge in [0.05, 0.1) is 0 Å². The van der Waals surface area contributed by atoms with Crippen LogP contribution in [0.3, 0.4) is 0 Å². The van der Waals surface area contributed by atoms with Gasteiger partial charge in [-0.1, -0.05) is 6.07 Å². The van der Waals surface area contributed by atoms with Crippen LogP contribution in [0.15, 0.2) is 59.1 Å². The van der Waals surface area contributed by atoms with E-state index in [2.05, 4.69) is 20.6 Å². The van der Waals surface area contributed by atoms with Crippen LogP contribution in [0.5, 0.6) is 5.75 Å². The van der Waals surface area contributed by atoms with Gasteiger partial charge in [0.2, 0.25) is 0 Å². The standard InChI is InChI=1S/C23H22AsFN4O4/c1-23(2,12-30)24-20(32)19-9-13-8-15(6-7-18(13)33-19)28-22-26-11-17(25)21(29-22)27-14-4-3-5-16(31)10-14/h3-11,24,30-31H,12H2,1-2H3,(H2,26,27,28,29). The van der Waals surface area contributed by atoms with Crippen LogP contribution >= 0.6 is 0 Å². The minimum atomic E-state index is -1.11. The maximum atomic E-state index is 14.2. The molecule has 8 nitrogen and oxygen atoms in total. The van der Waals surface area contributed by atoms with Crippen LogP contribution in [0.4, 0.5) is 27.5 Å². The monoisotopic (exact) mass is 512 g/mol. The van der Waals surface area contributed by atoms with Crippen molar-refractivity contribution in [2.24, 2.45) is 0 Å². The number of nitrogens with zero attached hydrogens (tertiary/aromatic N) is 2. The van der Waals surface area contributed by atoms with Crippen LogP contribution in [0.1, 0.15) is 24.4 Å². The van der Waals surface area contributed by atoms with Gasteiger partial charge in [-0.05, 0) is 12.1 Å². The second kappa shape index (κ2) is 9.21. The van der Waals surface area contributed by atoms with E-state index in [1.807, 2.05) is 13.8 Å². The number of aromatic nitrogens is 2. The molecule has 0 spiro atoms. The number of benzene rings is 2. The van der Waals surface area contributed by atoms with Crippen molar-refractivity contribution in [1.82, 2.24) is 9.97 Å². The first kappa shape index (κ1) is 22.8. The van der Waals surface area contributed by atoms with Gasteiger partial charge in [0.15, 0.2) is 0 Å². The van der Waals surface area contributed by atoms with Crippen molar-refractivity contribution < 1.29 is 23.8 Å². The molecule has 2 heterocycles. The average molecular weight is 512 g/mol.